The molecule has 0 spiro atoms. The molecular weight excluding hydrogens is 330 g/mol. The molecule has 6 nitrogen and oxygen atoms in total. The molecule has 0 saturated carbocycles. The van der Waals surface area contributed by atoms with Crippen LogP contribution in [-0.2, 0) is 19.2 Å². The Balaban J connectivity index is 2.84. The van der Waals surface area contributed by atoms with Gasteiger partial charge in [0.1, 0.15) is 5.60 Å². The second-order valence-electron chi connectivity index (χ2n) is 6.22. The normalized spacial score (nSPS) is 13.7. The van der Waals surface area contributed by atoms with Crippen LogP contribution in [-0.4, -0.2) is 28.2 Å². The van der Waals surface area contributed by atoms with Crippen molar-refractivity contribution in [3.05, 3.63) is 30.3 Å². The number of Topliss-reactive ketones (excluding diaryl/α,β-unsaturated/α-hetero) is 1. The Bertz CT molecular complexity index is 597. The first-order valence-electron chi connectivity index (χ1n) is 7.56. The standard InChI is InChI=1S/C17H23NO5S/c1-6-13(19)17(5,23-18-15(21)22-16(2,3)4)14(20)24-12-10-8-7-9-11-12/h7-11H,6H2,1-5H3,(H,18,21). The van der Waals surface area contributed by atoms with Crippen LogP contribution in [0.15, 0.2) is 35.2 Å². The second-order valence-corrected chi connectivity index (χ2v) is 7.26. The number of hydroxylamine groups is 1. The van der Waals surface area contributed by atoms with Crippen molar-refractivity contribution in [2.75, 3.05) is 0 Å². The van der Waals surface area contributed by atoms with Gasteiger partial charge in [-0.1, -0.05) is 25.1 Å². The zero-order valence-electron chi connectivity index (χ0n) is 14.5. The van der Waals surface area contributed by atoms with Gasteiger partial charge in [0.2, 0.25) is 10.7 Å². The number of carbonyl (C=O) groups is 3. The van der Waals surface area contributed by atoms with Crippen molar-refractivity contribution in [2.45, 2.75) is 57.1 Å². The minimum atomic E-state index is -1.80. The van der Waals surface area contributed by atoms with E-state index in [1.165, 1.54) is 6.92 Å². The summed E-state index contributed by atoms with van der Waals surface area (Å²) >= 11 is 0.882. The van der Waals surface area contributed by atoms with E-state index in [4.69, 9.17) is 9.57 Å². The Hall–Kier alpha value is -1.86. The van der Waals surface area contributed by atoms with Crippen molar-refractivity contribution in [3.8, 4) is 0 Å². The van der Waals surface area contributed by atoms with Gasteiger partial charge >= 0.3 is 6.09 Å². The predicted octanol–water partition coefficient (Wildman–Crippen LogP) is 3.50. The zero-order chi connectivity index (χ0) is 18.4. The molecule has 0 aromatic heterocycles. The van der Waals surface area contributed by atoms with Crippen molar-refractivity contribution in [1.29, 1.82) is 0 Å². The lowest BCUT2D eigenvalue weighted by Crippen LogP contribution is -2.50. The van der Waals surface area contributed by atoms with Gasteiger partial charge in [0.05, 0.1) is 0 Å². The lowest BCUT2D eigenvalue weighted by Gasteiger charge is -2.26. The molecule has 1 rings (SSSR count). The Kier molecular flexibility index (Phi) is 6.98. The van der Waals surface area contributed by atoms with Gasteiger partial charge in [0.25, 0.3) is 0 Å². The van der Waals surface area contributed by atoms with Crippen LogP contribution in [0.5, 0.6) is 0 Å². The third kappa shape index (κ3) is 5.98. The van der Waals surface area contributed by atoms with Crippen molar-refractivity contribution < 1.29 is 24.0 Å². The number of amides is 1. The monoisotopic (exact) mass is 353 g/mol. The average molecular weight is 353 g/mol. The molecule has 1 unspecified atom stereocenters. The minimum Gasteiger partial charge on any atom is -0.442 e. The Morgan fingerprint density at radius 2 is 1.67 bits per heavy atom. The van der Waals surface area contributed by atoms with Gasteiger partial charge in [0, 0.05) is 11.3 Å². The van der Waals surface area contributed by atoms with Gasteiger partial charge in [-0.15, -0.1) is 0 Å². The quantitative estimate of drug-likeness (QED) is 0.479. The molecule has 1 aromatic carbocycles. The molecule has 0 fully saturated rings. The van der Waals surface area contributed by atoms with Crippen molar-refractivity contribution in [3.63, 3.8) is 0 Å². The molecule has 0 aliphatic rings. The maximum absolute atomic E-state index is 12.6. The molecule has 1 N–H and O–H groups in total. The Labute approximate surface area is 146 Å². The molecule has 0 saturated heterocycles. The highest BCUT2D eigenvalue weighted by molar-refractivity contribution is 8.14. The van der Waals surface area contributed by atoms with E-state index >= 15 is 0 Å². The summed E-state index contributed by atoms with van der Waals surface area (Å²) in [6, 6.07) is 8.90. The van der Waals surface area contributed by atoms with Gasteiger partial charge in [-0.25, -0.2) is 9.63 Å². The summed E-state index contributed by atoms with van der Waals surface area (Å²) < 4.78 is 5.04. The molecular formula is C17H23NO5S. The molecule has 7 heteroatoms. The molecule has 0 aliphatic carbocycles. The third-order valence-electron chi connectivity index (χ3n) is 2.93. The van der Waals surface area contributed by atoms with E-state index in [1.54, 1.807) is 52.0 Å². The highest BCUT2D eigenvalue weighted by atomic mass is 32.2. The number of nitrogens with one attached hydrogen (secondary N) is 1. The molecule has 0 bridgehead atoms. The number of thioether (sulfide) groups is 1. The van der Waals surface area contributed by atoms with E-state index < -0.39 is 28.2 Å². The third-order valence-corrected chi connectivity index (χ3v) is 4.02. The molecule has 132 valence electrons. The zero-order valence-corrected chi connectivity index (χ0v) is 15.4. The highest BCUT2D eigenvalue weighted by Gasteiger charge is 2.43. The fourth-order valence-electron chi connectivity index (χ4n) is 1.69. The van der Waals surface area contributed by atoms with E-state index in [0.717, 1.165) is 11.8 Å². The average Bonchev–Trinajstić information content (AvgIpc) is 2.51. The smallest absolute Gasteiger partial charge is 0.431 e. The predicted molar refractivity (Wildman–Crippen MR) is 91.5 cm³/mol. The van der Waals surface area contributed by atoms with Crippen LogP contribution in [0.1, 0.15) is 41.0 Å². The lowest BCUT2D eigenvalue weighted by atomic mass is 10.0. The van der Waals surface area contributed by atoms with Gasteiger partial charge in [-0.05, 0) is 51.6 Å². The van der Waals surface area contributed by atoms with Crippen molar-refractivity contribution in [2.24, 2.45) is 0 Å². The topological polar surface area (TPSA) is 81.7 Å². The van der Waals surface area contributed by atoms with E-state index in [1.807, 2.05) is 11.5 Å². The lowest BCUT2D eigenvalue weighted by molar-refractivity contribution is -0.158. The van der Waals surface area contributed by atoms with Crippen LogP contribution in [0.3, 0.4) is 0 Å². The molecule has 1 amide bonds. The van der Waals surface area contributed by atoms with Crippen molar-refractivity contribution >= 4 is 28.8 Å². The number of benzene rings is 1. The Morgan fingerprint density at radius 1 is 1.08 bits per heavy atom. The van der Waals surface area contributed by atoms with E-state index in [2.05, 4.69) is 0 Å². The maximum Gasteiger partial charge on any atom is 0.431 e. The molecule has 1 atom stereocenters. The van der Waals surface area contributed by atoms with E-state index in [0.29, 0.717) is 4.90 Å². The first-order valence-corrected chi connectivity index (χ1v) is 8.37. The summed E-state index contributed by atoms with van der Waals surface area (Å²) in [6.07, 6.45) is -0.775. The number of rotatable bonds is 6. The van der Waals surface area contributed by atoms with Crippen molar-refractivity contribution in [1.82, 2.24) is 5.48 Å². The highest BCUT2D eigenvalue weighted by Crippen LogP contribution is 2.27. The fourth-order valence-corrected chi connectivity index (χ4v) is 2.54. The van der Waals surface area contributed by atoms with Crippen LogP contribution < -0.4 is 5.48 Å². The largest absolute Gasteiger partial charge is 0.442 e. The number of carbonyl (C=O) groups excluding carboxylic acids is 3. The molecule has 0 radical (unpaired) electrons. The second kappa shape index (κ2) is 8.30. The van der Waals surface area contributed by atoms with Crippen LogP contribution in [0.25, 0.3) is 0 Å². The summed E-state index contributed by atoms with van der Waals surface area (Å²) in [4.78, 5) is 42.3. The number of hydrogen-bond acceptors (Lipinski definition) is 6. The number of ether oxygens (including phenoxy) is 1. The first kappa shape index (κ1) is 20.2. The molecule has 1 aromatic rings. The van der Waals surface area contributed by atoms with Gasteiger partial charge in [-0.3, -0.25) is 9.59 Å². The van der Waals surface area contributed by atoms with Gasteiger partial charge < -0.3 is 4.74 Å². The van der Waals surface area contributed by atoms with Crippen LogP contribution in [0.4, 0.5) is 4.79 Å². The van der Waals surface area contributed by atoms with Gasteiger partial charge in [-0.2, -0.15) is 5.48 Å². The summed E-state index contributed by atoms with van der Waals surface area (Å²) in [5.41, 5.74) is -0.475. The Morgan fingerprint density at radius 3 is 2.17 bits per heavy atom. The first-order chi connectivity index (χ1) is 11.1. The van der Waals surface area contributed by atoms with Crippen LogP contribution in [0.2, 0.25) is 0 Å². The van der Waals surface area contributed by atoms with Gasteiger partial charge in [0.15, 0.2) is 5.78 Å². The molecule has 0 aliphatic heterocycles. The maximum atomic E-state index is 12.6. The van der Waals surface area contributed by atoms with E-state index in [-0.39, 0.29) is 6.42 Å². The number of hydrogen-bond donors (Lipinski definition) is 1. The van der Waals surface area contributed by atoms with E-state index in [9.17, 15) is 14.4 Å². The number of ketones is 1. The summed E-state index contributed by atoms with van der Waals surface area (Å²) in [6.45, 7) is 8.05. The minimum absolute atomic E-state index is 0.0909. The summed E-state index contributed by atoms with van der Waals surface area (Å²) in [5.74, 6) is -0.438. The van der Waals surface area contributed by atoms with Crippen LogP contribution >= 0.6 is 11.8 Å². The molecule has 24 heavy (non-hydrogen) atoms. The summed E-state index contributed by atoms with van der Waals surface area (Å²) in [5, 5.41) is -0.517. The summed E-state index contributed by atoms with van der Waals surface area (Å²) in [7, 11) is 0. The SMILES string of the molecule is CCC(=O)C(C)(ONC(=O)OC(C)(C)C)C(=O)Sc1ccccc1. The fraction of sp³-hybridized carbons (Fsp3) is 0.471. The van der Waals surface area contributed by atoms with Crippen LogP contribution in [0, 0.1) is 0 Å². The molecule has 0 heterocycles.